The Morgan fingerprint density at radius 3 is 2.76 bits per heavy atom. The molecule has 2 unspecified atom stereocenters. The lowest BCUT2D eigenvalue weighted by molar-refractivity contribution is 0.319. The molecule has 2 heterocycles. The highest BCUT2D eigenvalue weighted by atomic mass is 15.2. The van der Waals surface area contributed by atoms with E-state index < -0.39 is 0 Å². The van der Waals surface area contributed by atoms with E-state index in [1.165, 1.54) is 5.56 Å². The maximum atomic E-state index is 4.44. The van der Waals surface area contributed by atoms with Gasteiger partial charge in [0, 0.05) is 37.6 Å². The molecular weight excluding hydrogens is 260 g/mol. The lowest BCUT2D eigenvalue weighted by atomic mass is 10.1. The lowest BCUT2D eigenvalue weighted by Crippen LogP contribution is -2.28. The normalized spacial score (nSPS) is 22.4. The average Bonchev–Trinajstić information content (AvgIpc) is 2.80. The number of nitrogens with zero attached hydrogens (tertiary/aromatic N) is 3. The van der Waals surface area contributed by atoms with Crippen LogP contribution in [-0.2, 0) is 6.54 Å². The second-order valence-corrected chi connectivity index (χ2v) is 5.93. The Labute approximate surface area is 126 Å². The van der Waals surface area contributed by atoms with Crippen molar-refractivity contribution in [2.24, 2.45) is 5.92 Å². The first-order chi connectivity index (χ1) is 10.2. The number of benzene rings is 1. The molecular formula is C17H22N4. The van der Waals surface area contributed by atoms with Gasteiger partial charge in [-0.1, -0.05) is 37.3 Å². The minimum absolute atomic E-state index is 0.413. The fourth-order valence-electron chi connectivity index (χ4n) is 2.91. The highest BCUT2D eigenvalue weighted by molar-refractivity contribution is 5.28. The summed E-state index contributed by atoms with van der Waals surface area (Å²) < 4.78 is 0. The van der Waals surface area contributed by atoms with Crippen molar-refractivity contribution in [1.29, 1.82) is 0 Å². The van der Waals surface area contributed by atoms with Crippen molar-refractivity contribution in [3.63, 3.8) is 0 Å². The van der Waals surface area contributed by atoms with Crippen LogP contribution < -0.4 is 5.32 Å². The molecule has 1 saturated heterocycles. The first-order valence-electron chi connectivity index (χ1n) is 7.53. The highest BCUT2D eigenvalue weighted by Crippen LogP contribution is 2.21. The van der Waals surface area contributed by atoms with Gasteiger partial charge in [0.1, 0.15) is 0 Å². The van der Waals surface area contributed by atoms with E-state index in [1.54, 1.807) is 0 Å². The van der Waals surface area contributed by atoms with Crippen molar-refractivity contribution >= 4 is 5.95 Å². The molecule has 1 aliphatic heterocycles. The van der Waals surface area contributed by atoms with Crippen LogP contribution in [0.15, 0.2) is 42.6 Å². The summed E-state index contributed by atoms with van der Waals surface area (Å²) in [5.74, 6) is 1.34. The van der Waals surface area contributed by atoms with Crippen LogP contribution in [0, 0.1) is 12.8 Å². The SMILES string of the molecule is Cc1ccnc(NC2CN(Cc3ccccc3)CC2C)n1. The van der Waals surface area contributed by atoms with Gasteiger partial charge in [0.2, 0.25) is 5.95 Å². The van der Waals surface area contributed by atoms with Gasteiger partial charge in [-0.3, -0.25) is 4.90 Å². The number of hydrogen-bond acceptors (Lipinski definition) is 4. The van der Waals surface area contributed by atoms with Crippen LogP contribution >= 0.6 is 0 Å². The maximum absolute atomic E-state index is 4.44. The quantitative estimate of drug-likeness (QED) is 0.936. The van der Waals surface area contributed by atoms with Crippen LogP contribution in [0.3, 0.4) is 0 Å². The molecule has 1 aliphatic rings. The number of likely N-dealkylation sites (tertiary alicyclic amines) is 1. The smallest absolute Gasteiger partial charge is 0.223 e. The summed E-state index contributed by atoms with van der Waals surface area (Å²) in [6.07, 6.45) is 1.81. The van der Waals surface area contributed by atoms with Gasteiger partial charge >= 0.3 is 0 Å². The van der Waals surface area contributed by atoms with Crippen LogP contribution in [0.25, 0.3) is 0 Å². The number of aryl methyl sites for hydroxylation is 1. The lowest BCUT2D eigenvalue weighted by Gasteiger charge is -2.17. The molecule has 1 aromatic heterocycles. The first-order valence-corrected chi connectivity index (χ1v) is 7.53. The topological polar surface area (TPSA) is 41.1 Å². The molecule has 0 spiro atoms. The summed E-state index contributed by atoms with van der Waals surface area (Å²) in [5.41, 5.74) is 2.37. The number of rotatable bonds is 4. The van der Waals surface area contributed by atoms with Gasteiger partial charge in [-0.05, 0) is 24.5 Å². The fourth-order valence-corrected chi connectivity index (χ4v) is 2.91. The van der Waals surface area contributed by atoms with Crippen LogP contribution in [0.1, 0.15) is 18.2 Å². The van der Waals surface area contributed by atoms with E-state index >= 15 is 0 Å². The minimum Gasteiger partial charge on any atom is -0.350 e. The van der Waals surface area contributed by atoms with Crippen molar-refractivity contribution in [2.45, 2.75) is 26.4 Å². The van der Waals surface area contributed by atoms with Crippen molar-refractivity contribution in [2.75, 3.05) is 18.4 Å². The van der Waals surface area contributed by atoms with Gasteiger partial charge in [-0.15, -0.1) is 0 Å². The average molecular weight is 282 g/mol. The van der Waals surface area contributed by atoms with Crippen LogP contribution in [0.5, 0.6) is 0 Å². The zero-order chi connectivity index (χ0) is 14.7. The molecule has 1 N–H and O–H groups in total. The maximum Gasteiger partial charge on any atom is 0.223 e. The zero-order valence-electron chi connectivity index (χ0n) is 12.7. The van der Waals surface area contributed by atoms with E-state index in [4.69, 9.17) is 0 Å². The van der Waals surface area contributed by atoms with Crippen LogP contribution in [0.4, 0.5) is 5.95 Å². The molecule has 2 atom stereocenters. The molecule has 1 aromatic carbocycles. The number of aromatic nitrogens is 2. The van der Waals surface area contributed by atoms with Gasteiger partial charge < -0.3 is 5.32 Å². The van der Waals surface area contributed by atoms with Crippen LogP contribution in [0.2, 0.25) is 0 Å². The van der Waals surface area contributed by atoms with Crippen molar-refractivity contribution in [1.82, 2.24) is 14.9 Å². The number of anilines is 1. The van der Waals surface area contributed by atoms with Crippen molar-refractivity contribution in [3.8, 4) is 0 Å². The third kappa shape index (κ3) is 3.58. The molecule has 4 heteroatoms. The minimum atomic E-state index is 0.413. The Morgan fingerprint density at radius 1 is 1.19 bits per heavy atom. The summed E-state index contributed by atoms with van der Waals surface area (Å²) in [6, 6.07) is 13.0. The van der Waals surface area contributed by atoms with E-state index in [-0.39, 0.29) is 0 Å². The number of nitrogens with one attached hydrogen (secondary N) is 1. The molecule has 1 fully saturated rings. The molecule has 0 aliphatic carbocycles. The molecule has 110 valence electrons. The zero-order valence-corrected chi connectivity index (χ0v) is 12.7. The molecule has 0 radical (unpaired) electrons. The Bertz CT molecular complexity index is 584. The Hall–Kier alpha value is -1.94. The number of hydrogen-bond donors (Lipinski definition) is 1. The summed E-state index contributed by atoms with van der Waals surface area (Å²) in [5, 5.41) is 3.48. The van der Waals surface area contributed by atoms with Crippen molar-refractivity contribution in [3.05, 3.63) is 53.9 Å². The summed E-state index contributed by atoms with van der Waals surface area (Å²) in [7, 11) is 0. The van der Waals surface area contributed by atoms with Crippen molar-refractivity contribution < 1.29 is 0 Å². The summed E-state index contributed by atoms with van der Waals surface area (Å²) in [6.45, 7) is 7.44. The predicted molar refractivity (Wildman–Crippen MR) is 85.1 cm³/mol. The largest absolute Gasteiger partial charge is 0.350 e. The van der Waals surface area contributed by atoms with Crippen LogP contribution in [-0.4, -0.2) is 34.0 Å². The fraction of sp³-hybridized carbons (Fsp3) is 0.412. The summed E-state index contributed by atoms with van der Waals surface area (Å²) in [4.78, 5) is 11.2. The molecule has 3 rings (SSSR count). The van der Waals surface area contributed by atoms with E-state index in [1.807, 2.05) is 19.2 Å². The highest BCUT2D eigenvalue weighted by Gasteiger charge is 2.29. The third-order valence-corrected chi connectivity index (χ3v) is 4.05. The van der Waals surface area contributed by atoms with E-state index in [0.717, 1.165) is 31.3 Å². The standard InChI is InChI=1S/C17H22N4/c1-13-10-21(11-15-6-4-3-5-7-15)12-16(13)20-17-18-9-8-14(2)19-17/h3-9,13,16H,10-12H2,1-2H3,(H,18,19,20). The molecule has 4 nitrogen and oxygen atoms in total. The molecule has 0 amide bonds. The first kappa shape index (κ1) is 14.0. The monoisotopic (exact) mass is 282 g/mol. The molecule has 0 bridgehead atoms. The van der Waals surface area contributed by atoms with E-state index in [2.05, 4.69) is 57.4 Å². The van der Waals surface area contributed by atoms with Gasteiger partial charge in [0.05, 0.1) is 0 Å². The molecule has 2 aromatic rings. The Kier molecular flexibility index (Phi) is 4.15. The van der Waals surface area contributed by atoms with E-state index in [0.29, 0.717) is 12.0 Å². The Balaban J connectivity index is 1.61. The van der Waals surface area contributed by atoms with Gasteiger partial charge in [0.25, 0.3) is 0 Å². The van der Waals surface area contributed by atoms with E-state index in [9.17, 15) is 0 Å². The second-order valence-electron chi connectivity index (χ2n) is 5.93. The van der Waals surface area contributed by atoms with Gasteiger partial charge in [0.15, 0.2) is 0 Å². The van der Waals surface area contributed by atoms with Gasteiger partial charge in [-0.25, -0.2) is 9.97 Å². The predicted octanol–water partition coefficient (Wildman–Crippen LogP) is 2.72. The molecule has 0 saturated carbocycles. The van der Waals surface area contributed by atoms with Gasteiger partial charge in [-0.2, -0.15) is 0 Å². The Morgan fingerprint density at radius 2 is 2.00 bits per heavy atom. The summed E-state index contributed by atoms with van der Waals surface area (Å²) >= 11 is 0. The molecule has 21 heavy (non-hydrogen) atoms. The third-order valence-electron chi connectivity index (χ3n) is 4.05. The second kappa shape index (κ2) is 6.22.